The molecule has 8 heteroatoms. The highest BCUT2D eigenvalue weighted by atomic mass is 17.2. The van der Waals surface area contributed by atoms with E-state index in [1.165, 1.54) is 6.33 Å². The average Bonchev–Trinajstić information content (AvgIpc) is 2.86. The Morgan fingerprint density at radius 3 is 3.22 bits per heavy atom. The Labute approximate surface area is 103 Å². The third kappa shape index (κ3) is 1.94. The fourth-order valence-electron chi connectivity index (χ4n) is 1.94. The topological polar surface area (TPSA) is 79.9 Å². The molecular weight excluding hydrogens is 240 g/mol. The summed E-state index contributed by atoms with van der Waals surface area (Å²) in [4.78, 5) is 35.8. The number of rotatable bonds is 2. The number of hydroxylamine groups is 1. The van der Waals surface area contributed by atoms with Gasteiger partial charge < -0.3 is 9.88 Å². The van der Waals surface area contributed by atoms with Crippen molar-refractivity contribution in [2.24, 2.45) is 0 Å². The first-order chi connectivity index (χ1) is 8.75. The van der Waals surface area contributed by atoms with E-state index in [-0.39, 0.29) is 12.0 Å². The van der Waals surface area contributed by atoms with Crippen molar-refractivity contribution in [3.63, 3.8) is 0 Å². The molecule has 3 rings (SSSR count). The van der Waals surface area contributed by atoms with Crippen molar-refractivity contribution in [2.45, 2.75) is 12.5 Å². The summed E-state index contributed by atoms with van der Waals surface area (Å²) in [5, 5.41) is 1.63. The van der Waals surface area contributed by atoms with Crippen molar-refractivity contribution in [1.82, 2.24) is 14.9 Å². The maximum Gasteiger partial charge on any atom is 0.277 e. The number of amides is 1. The predicted molar refractivity (Wildman–Crippen MR) is 59.4 cm³/mol. The summed E-state index contributed by atoms with van der Waals surface area (Å²) in [5.41, 5.74) is 0.372. The van der Waals surface area contributed by atoms with E-state index in [0.717, 1.165) is 6.42 Å². The van der Waals surface area contributed by atoms with Crippen LogP contribution in [0.1, 0.15) is 16.9 Å². The molecule has 0 spiro atoms. The first-order valence-electron chi connectivity index (χ1n) is 5.73. The highest BCUT2D eigenvalue weighted by Gasteiger charge is 2.32. The minimum atomic E-state index is -0.116. The van der Waals surface area contributed by atoms with Crippen LogP contribution in [0.15, 0.2) is 6.33 Å². The smallest absolute Gasteiger partial charge is 0.277 e. The van der Waals surface area contributed by atoms with E-state index < -0.39 is 0 Å². The van der Waals surface area contributed by atoms with Gasteiger partial charge in [0.25, 0.3) is 5.91 Å². The molecule has 1 amide bonds. The van der Waals surface area contributed by atoms with Gasteiger partial charge in [0.05, 0.1) is 12.9 Å². The number of aromatic nitrogens is 2. The van der Waals surface area contributed by atoms with Gasteiger partial charge in [0.2, 0.25) is 0 Å². The molecule has 18 heavy (non-hydrogen) atoms. The van der Waals surface area contributed by atoms with Gasteiger partial charge in [-0.2, -0.15) is 0 Å². The Morgan fingerprint density at radius 2 is 2.44 bits per heavy atom. The number of aromatic amines is 1. The minimum absolute atomic E-state index is 0.0866. The van der Waals surface area contributed by atoms with Crippen LogP contribution >= 0.6 is 0 Å². The van der Waals surface area contributed by atoms with Crippen LogP contribution < -0.4 is 5.06 Å². The standard InChI is InChI=1S/C10H14N4O4/c1-13-6-14(18-7-2-3-16-17-4-7)9-8(10(13)15)11-5-12-9/h5,7H,2-4,6H2,1H3,(H,11,12). The lowest BCUT2D eigenvalue weighted by atomic mass is 10.3. The van der Waals surface area contributed by atoms with Gasteiger partial charge in [-0.15, -0.1) is 0 Å². The molecule has 0 bridgehead atoms. The first kappa shape index (κ1) is 11.5. The summed E-state index contributed by atoms with van der Waals surface area (Å²) in [6.07, 6.45) is 2.15. The van der Waals surface area contributed by atoms with Crippen LogP contribution in [0.3, 0.4) is 0 Å². The largest absolute Gasteiger partial charge is 0.329 e. The Kier molecular flexibility index (Phi) is 2.90. The lowest BCUT2D eigenvalue weighted by Crippen LogP contribution is -2.47. The Bertz CT molecular complexity index is 443. The second kappa shape index (κ2) is 4.56. The van der Waals surface area contributed by atoms with E-state index in [9.17, 15) is 4.79 Å². The molecule has 1 N–H and O–H groups in total. The van der Waals surface area contributed by atoms with Crippen LogP contribution in [0.25, 0.3) is 0 Å². The van der Waals surface area contributed by atoms with Crippen LogP contribution in [0, 0.1) is 0 Å². The number of H-pyrrole nitrogens is 1. The van der Waals surface area contributed by atoms with Crippen molar-refractivity contribution >= 4 is 11.7 Å². The zero-order valence-electron chi connectivity index (χ0n) is 9.96. The zero-order valence-corrected chi connectivity index (χ0v) is 9.96. The normalized spacial score (nSPS) is 24.3. The van der Waals surface area contributed by atoms with Gasteiger partial charge in [-0.05, 0) is 0 Å². The van der Waals surface area contributed by atoms with E-state index in [4.69, 9.17) is 14.6 Å². The molecule has 0 aromatic carbocycles. The average molecular weight is 254 g/mol. The number of hydrogen-bond donors (Lipinski definition) is 1. The van der Waals surface area contributed by atoms with E-state index >= 15 is 0 Å². The highest BCUT2D eigenvalue weighted by Crippen LogP contribution is 2.24. The number of imidazole rings is 1. The molecule has 2 aliphatic rings. The fraction of sp³-hybridized carbons (Fsp3) is 0.600. The van der Waals surface area contributed by atoms with Gasteiger partial charge >= 0.3 is 0 Å². The molecule has 1 saturated heterocycles. The number of hydrogen-bond acceptors (Lipinski definition) is 6. The Balaban J connectivity index is 1.77. The van der Waals surface area contributed by atoms with Crippen LogP contribution in [0.5, 0.6) is 0 Å². The van der Waals surface area contributed by atoms with Crippen molar-refractivity contribution in [3.8, 4) is 0 Å². The summed E-state index contributed by atoms with van der Waals surface area (Å²) < 4.78 is 0. The molecule has 2 aliphatic heterocycles. The summed E-state index contributed by atoms with van der Waals surface area (Å²) in [5.74, 6) is 0.471. The Hall–Kier alpha value is -1.64. The minimum Gasteiger partial charge on any atom is -0.329 e. The maximum absolute atomic E-state index is 11.8. The van der Waals surface area contributed by atoms with Gasteiger partial charge in [0, 0.05) is 13.5 Å². The van der Waals surface area contributed by atoms with Crippen LogP contribution in [-0.4, -0.2) is 53.8 Å². The van der Waals surface area contributed by atoms with Gasteiger partial charge in [-0.3, -0.25) is 9.63 Å². The molecular formula is C10H14N4O4. The number of carbonyl (C=O) groups excluding carboxylic acids is 1. The van der Waals surface area contributed by atoms with Gasteiger partial charge in [-0.25, -0.2) is 19.8 Å². The van der Waals surface area contributed by atoms with Gasteiger partial charge in [0.1, 0.15) is 19.4 Å². The number of nitrogens with one attached hydrogen (secondary N) is 1. The van der Waals surface area contributed by atoms with E-state index in [1.54, 1.807) is 17.0 Å². The van der Waals surface area contributed by atoms with Crippen LogP contribution in [0.2, 0.25) is 0 Å². The Morgan fingerprint density at radius 1 is 1.56 bits per heavy atom. The maximum atomic E-state index is 11.8. The molecule has 98 valence electrons. The first-order valence-corrected chi connectivity index (χ1v) is 5.73. The summed E-state index contributed by atoms with van der Waals surface area (Å²) in [7, 11) is 1.71. The zero-order chi connectivity index (χ0) is 12.5. The van der Waals surface area contributed by atoms with Gasteiger partial charge in [-0.1, -0.05) is 0 Å². The molecule has 1 aromatic heterocycles. The monoisotopic (exact) mass is 254 g/mol. The number of anilines is 1. The number of nitrogens with zero attached hydrogens (tertiary/aromatic N) is 3. The fourth-order valence-corrected chi connectivity index (χ4v) is 1.94. The quantitative estimate of drug-likeness (QED) is 0.743. The number of fused-ring (bicyclic) bond motifs is 1. The van der Waals surface area contributed by atoms with Crippen molar-refractivity contribution in [3.05, 3.63) is 12.0 Å². The molecule has 0 aliphatic carbocycles. The number of carbonyl (C=O) groups is 1. The summed E-state index contributed by atoms with van der Waals surface area (Å²) in [6.45, 7) is 1.23. The van der Waals surface area contributed by atoms with Crippen LogP contribution in [-0.2, 0) is 14.6 Å². The lowest BCUT2D eigenvalue weighted by Gasteiger charge is -2.35. The second-order valence-corrected chi connectivity index (χ2v) is 4.25. The summed E-state index contributed by atoms with van der Waals surface area (Å²) >= 11 is 0. The van der Waals surface area contributed by atoms with Crippen molar-refractivity contribution < 1.29 is 19.4 Å². The second-order valence-electron chi connectivity index (χ2n) is 4.25. The third-order valence-corrected chi connectivity index (χ3v) is 2.90. The molecule has 1 atom stereocenters. The molecule has 0 radical (unpaired) electrons. The van der Waals surface area contributed by atoms with E-state index in [1.807, 2.05) is 0 Å². The van der Waals surface area contributed by atoms with Gasteiger partial charge in [0.15, 0.2) is 11.5 Å². The predicted octanol–water partition coefficient (Wildman–Crippen LogP) is -0.0887. The lowest BCUT2D eigenvalue weighted by molar-refractivity contribution is -0.334. The molecule has 0 saturated carbocycles. The molecule has 1 fully saturated rings. The third-order valence-electron chi connectivity index (χ3n) is 2.90. The van der Waals surface area contributed by atoms with E-state index in [0.29, 0.717) is 31.4 Å². The van der Waals surface area contributed by atoms with Crippen molar-refractivity contribution in [1.29, 1.82) is 0 Å². The molecule has 8 nitrogen and oxygen atoms in total. The summed E-state index contributed by atoms with van der Waals surface area (Å²) in [6, 6.07) is 0. The molecule has 3 heterocycles. The SMILES string of the molecule is CN1CN(OC2CCOOC2)c2[nH]cnc2C1=O. The molecule has 1 unspecified atom stereocenters. The van der Waals surface area contributed by atoms with Crippen LogP contribution in [0.4, 0.5) is 5.82 Å². The molecule has 1 aromatic rings. The highest BCUT2D eigenvalue weighted by molar-refractivity contribution is 5.98. The van der Waals surface area contributed by atoms with Crippen molar-refractivity contribution in [2.75, 3.05) is 32.0 Å². The van der Waals surface area contributed by atoms with E-state index in [2.05, 4.69) is 9.97 Å².